The monoisotopic (exact) mass is 372 g/mol. The molecule has 3 heterocycles. The van der Waals surface area contributed by atoms with Crippen LogP contribution in [-0.4, -0.2) is 43.8 Å². The number of sulfonamides is 1. The summed E-state index contributed by atoms with van der Waals surface area (Å²) in [5.74, 6) is 1.37. The average molecular weight is 372 g/mol. The number of hydrogen-bond acceptors (Lipinski definition) is 5. The summed E-state index contributed by atoms with van der Waals surface area (Å²) in [7, 11) is -1.58. The van der Waals surface area contributed by atoms with Gasteiger partial charge in [-0.3, -0.25) is 4.68 Å². The zero-order valence-corrected chi connectivity index (χ0v) is 15.5. The fraction of sp³-hybridized carbons (Fsp3) is 0.353. The average Bonchev–Trinajstić information content (AvgIpc) is 3.21. The molecule has 1 aliphatic rings. The van der Waals surface area contributed by atoms with Gasteiger partial charge in [-0.2, -0.15) is 9.40 Å². The quantitative estimate of drug-likeness (QED) is 0.694. The van der Waals surface area contributed by atoms with Crippen LogP contribution < -0.4 is 0 Å². The van der Waals surface area contributed by atoms with E-state index in [0.717, 1.165) is 17.0 Å². The molecule has 3 aromatic rings. The van der Waals surface area contributed by atoms with Crippen LogP contribution in [-0.2, 0) is 29.4 Å². The topological polar surface area (TPSA) is 85.9 Å². The second kappa shape index (κ2) is 6.33. The second-order valence-corrected chi connectivity index (χ2v) is 8.56. The highest BCUT2D eigenvalue weighted by atomic mass is 32.2. The van der Waals surface area contributed by atoms with Gasteiger partial charge in [-0.1, -0.05) is 30.3 Å². The van der Waals surface area contributed by atoms with E-state index in [9.17, 15) is 8.42 Å². The molecule has 0 unspecified atom stereocenters. The van der Waals surface area contributed by atoms with Crippen LogP contribution in [0.2, 0.25) is 0 Å². The molecule has 0 aliphatic carbocycles. The first-order chi connectivity index (χ1) is 12.4. The van der Waals surface area contributed by atoms with Gasteiger partial charge < -0.3 is 4.57 Å². The number of aryl methyl sites for hydroxylation is 1. The molecular weight excluding hydrogens is 352 g/mol. The molecule has 26 heavy (non-hydrogen) atoms. The number of aromatic nitrogens is 5. The van der Waals surface area contributed by atoms with Gasteiger partial charge in [-0.05, 0) is 12.5 Å². The third-order valence-electron chi connectivity index (χ3n) is 4.54. The van der Waals surface area contributed by atoms with Gasteiger partial charge in [0.15, 0.2) is 5.82 Å². The lowest BCUT2D eigenvalue weighted by molar-refractivity contribution is 0.293. The lowest BCUT2D eigenvalue weighted by atomic mass is 10.2. The molecule has 0 radical (unpaired) electrons. The first-order valence-electron chi connectivity index (χ1n) is 8.38. The maximum Gasteiger partial charge on any atom is 0.218 e. The Labute approximate surface area is 152 Å². The normalized spacial score (nSPS) is 18.0. The van der Waals surface area contributed by atoms with Gasteiger partial charge in [0.2, 0.25) is 10.0 Å². The highest BCUT2D eigenvalue weighted by Gasteiger charge is 2.33. The summed E-state index contributed by atoms with van der Waals surface area (Å²) in [4.78, 5) is 0. The Kier molecular flexibility index (Phi) is 4.12. The van der Waals surface area contributed by atoms with E-state index in [1.54, 1.807) is 10.9 Å². The van der Waals surface area contributed by atoms with E-state index in [-0.39, 0.29) is 18.3 Å². The summed E-state index contributed by atoms with van der Waals surface area (Å²) in [5.41, 5.74) is 1.65. The summed E-state index contributed by atoms with van der Waals surface area (Å²) in [5, 5.41) is 12.7. The molecule has 0 bridgehead atoms. The van der Waals surface area contributed by atoms with Crippen molar-refractivity contribution in [3.8, 4) is 11.4 Å². The molecule has 136 valence electrons. The minimum absolute atomic E-state index is 0.00976. The van der Waals surface area contributed by atoms with Crippen LogP contribution in [0.15, 0.2) is 42.7 Å². The Bertz CT molecular complexity index is 1020. The van der Waals surface area contributed by atoms with Crippen LogP contribution in [0.3, 0.4) is 0 Å². The standard InChI is InChI=1S/C17H20N6O2S/c1-13-9-22(26(24,25)12-14-6-4-3-5-7-14)11-16-19-20-17(23(13)16)15-8-18-21(2)10-15/h3-8,10,13H,9,11-12H2,1-2H3/t13-/m0/s1. The largest absolute Gasteiger partial charge is 0.306 e. The predicted molar refractivity (Wildman–Crippen MR) is 96.4 cm³/mol. The maximum atomic E-state index is 12.8. The van der Waals surface area contributed by atoms with Crippen LogP contribution in [0.1, 0.15) is 24.4 Å². The van der Waals surface area contributed by atoms with E-state index < -0.39 is 10.0 Å². The molecule has 0 saturated carbocycles. The van der Waals surface area contributed by atoms with Gasteiger partial charge in [0.05, 0.1) is 24.1 Å². The first-order valence-corrected chi connectivity index (χ1v) is 9.99. The lowest BCUT2D eigenvalue weighted by Gasteiger charge is -2.31. The molecule has 0 saturated heterocycles. The molecule has 4 rings (SSSR count). The first kappa shape index (κ1) is 16.9. The van der Waals surface area contributed by atoms with Gasteiger partial charge in [0.1, 0.15) is 5.82 Å². The minimum Gasteiger partial charge on any atom is -0.306 e. The summed E-state index contributed by atoms with van der Waals surface area (Å²) in [6.07, 6.45) is 3.62. The van der Waals surface area contributed by atoms with Crippen molar-refractivity contribution in [1.82, 2.24) is 28.9 Å². The highest BCUT2D eigenvalue weighted by molar-refractivity contribution is 7.88. The van der Waals surface area contributed by atoms with Crippen molar-refractivity contribution in [2.24, 2.45) is 7.05 Å². The number of rotatable bonds is 4. The van der Waals surface area contributed by atoms with Gasteiger partial charge in [0.25, 0.3) is 0 Å². The van der Waals surface area contributed by atoms with Crippen molar-refractivity contribution in [3.05, 3.63) is 54.1 Å². The number of nitrogens with zero attached hydrogens (tertiary/aromatic N) is 6. The fourth-order valence-electron chi connectivity index (χ4n) is 3.31. The van der Waals surface area contributed by atoms with E-state index >= 15 is 0 Å². The minimum atomic E-state index is -3.43. The number of hydrogen-bond donors (Lipinski definition) is 0. The van der Waals surface area contributed by atoms with Crippen molar-refractivity contribution in [3.63, 3.8) is 0 Å². The molecule has 0 amide bonds. The van der Waals surface area contributed by atoms with Crippen LogP contribution in [0.5, 0.6) is 0 Å². The third kappa shape index (κ3) is 3.04. The molecule has 1 atom stereocenters. The summed E-state index contributed by atoms with van der Waals surface area (Å²) in [6, 6.07) is 9.17. The van der Waals surface area contributed by atoms with E-state index in [1.807, 2.05) is 55.1 Å². The Morgan fingerprint density at radius 3 is 2.65 bits per heavy atom. The SMILES string of the molecule is C[C@H]1CN(S(=O)(=O)Cc2ccccc2)Cc2nnc(-c3cnn(C)c3)n21. The summed E-state index contributed by atoms with van der Waals surface area (Å²) in [6.45, 7) is 2.61. The van der Waals surface area contributed by atoms with Gasteiger partial charge in [0, 0.05) is 25.8 Å². The Hall–Kier alpha value is -2.52. The van der Waals surface area contributed by atoms with Crippen molar-refractivity contribution in [1.29, 1.82) is 0 Å². The van der Waals surface area contributed by atoms with E-state index in [0.29, 0.717) is 12.4 Å². The van der Waals surface area contributed by atoms with Crippen molar-refractivity contribution < 1.29 is 8.42 Å². The Balaban J connectivity index is 1.62. The van der Waals surface area contributed by atoms with Crippen molar-refractivity contribution in [2.45, 2.75) is 25.3 Å². The predicted octanol–water partition coefficient (Wildman–Crippen LogP) is 1.59. The molecule has 0 spiro atoms. The second-order valence-electron chi connectivity index (χ2n) is 6.60. The van der Waals surface area contributed by atoms with E-state index in [4.69, 9.17) is 0 Å². The summed E-state index contributed by atoms with van der Waals surface area (Å²) < 4.78 is 30.9. The van der Waals surface area contributed by atoms with Gasteiger partial charge >= 0.3 is 0 Å². The van der Waals surface area contributed by atoms with Crippen molar-refractivity contribution in [2.75, 3.05) is 6.54 Å². The van der Waals surface area contributed by atoms with Crippen molar-refractivity contribution >= 4 is 10.0 Å². The molecule has 9 heteroatoms. The Morgan fingerprint density at radius 1 is 1.19 bits per heavy atom. The Morgan fingerprint density at radius 2 is 1.96 bits per heavy atom. The highest BCUT2D eigenvalue weighted by Crippen LogP contribution is 2.29. The zero-order chi connectivity index (χ0) is 18.3. The molecule has 8 nitrogen and oxygen atoms in total. The molecule has 0 N–H and O–H groups in total. The third-order valence-corrected chi connectivity index (χ3v) is 6.30. The molecule has 1 aliphatic heterocycles. The van der Waals surface area contributed by atoms with E-state index in [1.165, 1.54) is 4.31 Å². The van der Waals surface area contributed by atoms with Crippen LogP contribution in [0.4, 0.5) is 0 Å². The number of benzene rings is 1. The molecule has 1 aromatic carbocycles. The van der Waals surface area contributed by atoms with Gasteiger partial charge in [-0.15, -0.1) is 10.2 Å². The lowest BCUT2D eigenvalue weighted by Crippen LogP contribution is -2.41. The van der Waals surface area contributed by atoms with E-state index in [2.05, 4.69) is 15.3 Å². The van der Waals surface area contributed by atoms with Gasteiger partial charge in [-0.25, -0.2) is 8.42 Å². The maximum absolute atomic E-state index is 12.8. The van der Waals surface area contributed by atoms with Crippen LogP contribution in [0.25, 0.3) is 11.4 Å². The van der Waals surface area contributed by atoms with Crippen LogP contribution >= 0.6 is 0 Å². The van der Waals surface area contributed by atoms with Crippen LogP contribution in [0, 0.1) is 0 Å². The summed E-state index contributed by atoms with van der Waals surface area (Å²) >= 11 is 0. The molecule has 2 aromatic heterocycles. The fourth-order valence-corrected chi connectivity index (χ4v) is 4.87. The molecular formula is C17H20N6O2S. The molecule has 0 fully saturated rings. The smallest absolute Gasteiger partial charge is 0.218 e. The number of fused-ring (bicyclic) bond motifs is 1. The zero-order valence-electron chi connectivity index (χ0n) is 14.6.